The van der Waals surface area contributed by atoms with Crippen molar-refractivity contribution in [1.29, 1.82) is 0 Å². The van der Waals surface area contributed by atoms with Gasteiger partial charge in [-0.2, -0.15) is 4.31 Å². The number of amides is 2. The number of piperidine rings is 1. The van der Waals surface area contributed by atoms with Crippen LogP contribution in [0.5, 0.6) is 0 Å². The zero-order chi connectivity index (χ0) is 33.9. The van der Waals surface area contributed by atoms with E-state index in [2.05, 4.69) is 4.98 Å². The maximum absolute atomic E-state index is 14.6. The van der Waals surface area contributed by atoms with Gasteiger partial charge in [-0.3, -0.25) is 9.78 Å². The molecule has 1 unspecified atom stereocenters. The van der Waals surface area contributed by atoms with Crippen molar-refractivity contribution in [2.24, 2.45) is 0 Å². The van der Waals surface area contributed by atoms with Gasteiger partial charge < -0.3 is 19.1 Å². The fraction of sp³-hybridized carbons (Fsp3) is 0.389. The molecule has 0 saturated carbocycles. The molecule has 0 N–H and O–H groups in total. The summed E-state index contributed by atoms with van der Waals surface area (Å²) in [5.41, 5.74) is 2.19. The van der Waals surface area contributed by atoms with E-state index in [1.165, 1.54) is 10.5 Å². The highest BCUT2D eigenvalue weighted by atomic mass is 32.2. The van der Waals surface area contributed by atoms with Gasteiger partial charge in [-0.1, -0.05) is 60.7 Å². The number of hydrogen-bond acceptors (Lipinski definition) is 7. The van der Waals surface area contributed by atoms with Crippen LogP contribution in [0.4, 0.5) is 4.79 Å². The Bertz CT molecular complexity index is 1830. The van der Waals surface area contributed by atoms with Crippen LogP contribution in [0.3, 0.4) is 0 Å². The van der Waals surface area contributed by atoms with Crippen molar-refractivity contribution in [1.82, 2.24) is 28.6 Å². The molecule has 2 aromatic carbocycles. The van der Waals surface area contributed by atoms with E-state index in [1.54, 1.807) is 29.6 Å². The second-order valence-electron chi connectivity index (χ2n) is 13.3. The van der Waals surface area contributed by atoms with E-state index >= 15 is 0 Å². The van der Waals surface area contributed by atoms with Gasteiger partial charge in [0.15, 0.2) is 5.69 Å². The predicted octanol–water partition coefficient (Wildman–Crippen LogP) is 5.28. The fourth-order valence-corrected chi connectivity index (χ4v) is 7.98. The maximum atomic E-state index is 14.6. The first-order valence-electron chi connectivity index (χ1n) is 16.4. The third-order valence-corrected chi connectivity index (χ3v) is 10.6. The molecular weight excluding hydrogens is 629 g/mol. The Kier molecular flexibility index (Phi) is 9.66. The minimum atomic E-state index is -3.75. The van der Waals surface area contributed by atoms with Crippen molar-refractivity contribution in [3.63, 3.8) is 0 Å². The monoisotopic (exact) mass is 670 g/mol. The number of rotatable bonds is 7. The van der Waals surface area contributed by atoms with Gasteiger partial charge in [0, 0.05) is 56.7 Å². The van der Waals surface area contributed by atoms with Crippen LogP contribution in [0.2, 0.25) is 0 Å². The molecule has 0 radical (unpaired) electrons. The van der Waals surface area contributed by atoms with Crippen molar-refractivity contribution < 1.29 is 22.7 Å². The molecule has 2 saturated heterocycles. The number of pyridine rings is 1. The molecule has 2 aliphatic heterocycles. The highest BCUT2D eigenvalue weighted by Gasteiger charge is 2.38. The van der Waals surface area contributed by atoms with E-state index in [4.69, 9.17) is 9.72 Å². The summed E-state index contributed by atoms with van der Waals surface area (Å²) >= 11 is 0. The molecule has 0 aliphatic carbocycles. The number of ether oxygens (including phenoxy) is 1. The molecule has 2 amide bonds. The number of imidazole rings is 1. The number of hydrogen-bond donors (Lipinski definition) is 0. The normalized spacial score (nSPS) is 19.2. The molecule has 0 bridgehead atoms. The number of nitrogens with zero attached hydrogens (tertiary/aromatic N) is 6. The summed E-state index contributed by atoms with van der Waals surface area (Å²) in [5, 5.41) is 0. The Hall–Kier alpha value is -4.55. The van der Waals surface area contributed by atoms with E-state index in [0.29, 0.717) is 50.4 Å². The van der Waals surface area contributed by atoms with Crippen molar-refractivity contribution in [3.8, 4) is 11.3 Å². The summed E-state index contributed by atoms with van der Waals surface area (Å²) in [6.07, 6.45) is 6.14. The Morgan fingerprint density at radius 1 is 0.917 bits per heavy atom. The number of piperazine rings is 1. The van der Waals surface area contributed by atoms with E-state index < -0.39 is 21.7 Å². The van der Waals surface area contributed by atoms with Crippen molar-refractivity contribution >= 4 is 22.0 Å². The van der Waals surface area contributed by atoms with Crippen LogP contribution < -0.4 is 0 Å². The van der Waals surface area contributed by atoms with Gasteiger partial charge in [0.25, 0.3) is 5.91 Å². The van der Waals surface area contributed by atoms with E-state index in [9.17, 15) is 18.0 Å². The number of sulfonamides is 1. The number of benzene rings is 2. The van der Waals surface area contributed by atoms with Crippen molar-refractivity contribution in [2.45, 2.75) is 62.6 Å². The van der Waals surface area contributed by atoms with Crippen molar-refractivity contribution in [2.75, 3.05) is 32.7 Å². The highest BCUT2D eigenvalue weighted by molar-refractivity contribution is 7.89. The zero-order valence-electron chi connectivity index (χ0n) is 27.6. The predicted molar refractivity (Wildman–Crippen MR) is 182 cm³/mol. The molecule has 4 aromatic rings. The van der Waals surface area contributed by atoms with Crippen LogP contribution in [0.25, 0.3) is 11.3 Å². The first-order chi connectivity index (χ1) is 23.0. The number of aromatic nitrogens is 3. The smallest absolute Gasteiger partial charge is 0.410 e. The first-order valence-corrected chi connectivity index (χ1v) is 17.8. The summed E-state index contributed by atoms with van der Waals surface area (Å²) in [6, 6.07) is 22.2. The SMILES string of the molecule is CC(C)(C)OC(=O)N1CCN(C(=O)c2ncn(C3CCCN(S(=O)(=O)c4cccnc4)C3)c2-c2ccccc2)[C@H](Cc2ccccc2)C1. The third-order valence-electron chi connectivity index (χ3n) is 8.78. The number of carbonyl (C=O) groups excluding carboxylic acids is 2. The lowest BCUT2D eigenvalue weighted by Gasteiger charge is -2.41. The molecule has 252 valence electrons. The average molecular weight is 671 g/mol. The van der Waals surface area contributed by atoms with Crippen LogP contribution in [0.15, 0.2) is 96.4 Å². The molecule has 2 aliphatic rings. The van der Waals surface area contributed by atoms with Gasteiger partial charge in [-0.15, -0.1) is 0 Å². The second kappa shape index (κ2) is 13.9. The standard InChI is InChI=1S/C36H42N6O5S/c1-36(2,3)47-35(44)39-20-21-41(30(24-39)22-27-12-6-4-7-13-27)34(43)32-33(28-14-8-5-9-15-28)42(26-38-32)29-16-11-19-40(25-29)48(45,46)31-17-10-18-37-23-31/h4-10,12-15,17-18,23,26,29-30H,11,16,19-22,24-25H2,1-3H3/t29?,30-/m1/s1. The van der Waals surface area contributed by atoms with Gasteiger partial charge in [0.05, 0.1) is 18.1 Å². The van der Waals surface area contributed by atoms with Gasteiger partial charge in [-0.05, 0) is 57.7 Å². The fourth-order valence-electron chi connectivity index (χ4n) is 6.50. The maximum Gasteiger partial charge on any atom is 0.410 e. The van der Waals surface area contributed by atoms with Crippen LogP contribution in [-0.2, 0) is 21.2 Å². The lowest BCUT2D eigenvalue weighted by atomic mass is 10.0. The Morgan fingerprint density at radius 3 is 2.33 bits per heavy atom. The average Bonchev–Trinajstić information content (AvgIpc) is 3.54. The summed E-state index contributed by atoms with van der Waals surface area (Å²) in [4.78, 5) is 40.1. The molecule has 11 nitrogen and oxygen atoms in total. The summed E-state index contributed by atoms with van der Waals surface area (Å²) < 4.78 is 36.2. The molecule has 4 heterocycles. The van der Waals surface area contributed by atoms with Gasteiger partial charge in [-0.25, -0.2) is 18.2 Å². The molecule has 0 spiro atoms. The molecule has 48 heavy (non-hydrogen) atoms. The minimum absolute atomic E-state index is 0.158. The largest absolute Gasteiger partial charge is 0.444 e. The summed E-state index contributed by atoms with van der Waals surface area (Å²) in [5.74, 6) is -0.229. The minimum Gasteiger partial charge on any atom is -0.444 e. The quantitative estimate of drug-likeness (QED) is 0.263. The van der Waals surface area contributed by atoms with Crippen LogP contribution >= 0.6 is 0 Å². The topological polar surface area (TPSA) is 118 Å². The molecule has 2 aromatic heterocycles. The lowest BCUT2D eigenvalue weighted by molar-refractivity contribution is 0.00429. The van der Waals surface area contributed by atoms with Gasteiger partial charge in [0.2, 0.25) is 10.0 Å². The van der Waals surface area contributed by atoms with Gasteiger partial charge >= 0.3 is 6.09 Å². The molecule has 2 atom stereocenters. The third kappa shape index (κ3) is 7.29. The summed E-state index contributed by atoms with van der Waals surface area (Å²) in [6.45, 7) is 7.13. The Labute approximate surface area is 282 Å². The van der Waals surface area contributed by atoms with E-state index in [1.807, 2.05) is 90.9 Å². The molecular formula is C36H42N6O5S. The second-order valence-corrected chi connectivity index (χ2v) is 15.3. The van der Waals surface area contributed by atoms with Gasteiger partial charge in [0.1, 0.15) is 10.5 Å². The number of carbonyl (C=O) groups is 2. The highest BCUT2D eigenvalue weighted by Crippen LogP contribution is 2.34. The Morgan fingerprint density at radius 2 is 1.65 bits per heavy atom. The summed E-state index contributed by atoms with van der Waals surface area (Å²) in [7, 11) is -3.75. The van der Waals surface area contributed by atoms with Crippen LogP contribution in [0.1, 0.15) is 55.7 Å². The zero-order valence-corrected chi connectivity index (χ0v) is 28.4. The Balaban J connectivity index is 1.32. The molecule has 2 fully saturated rings. The van der Waals surface area contributed by atoms with Crippen LogP contribution in [0, 0.1) is 0 Å². The van der Waals surface area contributed by atoms with Crippen molar-refractivity contribution in [3.05, 3.63) is 103 Å². The lowest BCUT2D eigenvalue weighted by Crippen LogP contribution is -2.58. The van der Waals surface area contributed by atoms with Crippen LogP contribution in [-0.4, -0.2) is 93.4 Å². The van der Waals surface area contributed by atoms with E-state index in [-0.39, 0.29) is 29.4 Å². The van der Waals surface area contributed by atoms with E-state index in [0.717, 1.165) is 17.5 Å². The first kappa shape index (κ1) is 33.4. The molecule has 6 rings (SSSR count). The molecule has 12 heteroatoms.